The summed E-state index contributed by atoms with van der Waals surface area (Å²) in [6.45, 7) is 4.05. The molecule has 2 heterocycles. The minimum atomic E-state index is -0.370. The lowest BCUT2D eigenvalue weighted by molar-refractivity contribution is 0.102. The zero-order valence-electron chi connectivity index (χ0n) is 15.8. The van der Waals surface area contributed by atoms with Crippen molar-refractivity contribution < 1.29 is 9.18 Å². The number of hydrogen-bond donors (Lipinski definition) is 2. The first kappa shape index (κ1) is 18.2. The number of piperidine rings is 1. The van der Waals surface area contributed by atoms with Gasteiger partial charge in [-0.3, -0.25) is 9.89 Å². The molecule has 2 aromatic carbocycles. The van der Waals surface area contributed by atoms with Crippen molar-refractivity contribution in [3.8, 4) is 11.3 Å². The number of carbonyl (C=O) groups is 1. The van der Waals surface area contributed by atoms with Crippen LogP contribution in [0.15, 0.2) is 48.5 Å². The second-order valence-electron chi connectivity index (χ2n) is 7.13. The summed E-state index contributed by atoms with van der Waals surface area (Å²) in [5.74, 6) is -0.666. The molecule has 1 aliphatic heterocycles. The van der Waals surface area contributed by atoms with Gasteiger partial charge in [-0.15, -0.1) is 0 Å². The van der Waals surface area contributed by atoms with E-state index in [1.807, 2.05) is 19.1 Å². The summed E-state index contributed by atoms with van der Waals surface area (Å²) < 4.78 is 13.1. The van der Waals surface area contributed by atoms with Gasteiger partial charge in [-0.2, -0.15) is 5.10 Å². The summed E-state index contributed by atoms with van der Waals surface area (Å²) in [7, 11) is 0. The van der Waals surface area contributed by atoms with Crippen molar-refractivity contribution in [2.24, 2.45) is 0 Å². The first-order chi connectivity index (χ1) is 13.6. The van der Waals surface area contributed by atoms with E-state index in [4.69, 9.17) is 0 Å². The normalized spacial score (nSPS) is 14.1. The Morgan fingerprint density at radius 3 is 2.39 bits per heavy atom. The molecule has 28 heavy (non-hydrogen) atoms. The summed E-state index contributed by atoms with van der Waals surface area (Å²) in [6.07, 6.45) is 3.78. The van der Waals surface area contributed by atoms with Crippen molar-refractivity contribution >= 4 is 17.3 Å². The predicted octanol–water partition coefficient (Wildman–Crippen LogP) is 4.77. The van der Waals surface area contributed by atoms with Crippen molar-refractivity contribution in [2.75, 3.05) is 23.3 Å². The molecule has 1 saturated heterocycles. The van der Waals surface area contributed by atoms with E-state index in [1.165, 1.54) is 49.2 Å². The molecule has 1 aromatic heterocycles. The number of aromatic amines is 1. The Labute approximate surface area is 163 Å². The number of H-pyrrole nitrogens is 1. The first-order valence-corrected chi connectivity index (χ1v) is 9.59. The average molecular weight is 378 g/mol. The van der Waals surface area contributed by atoms with E-state index >= 15 is 0 Å². The molecular weight excluding hydrogens is 355 g/mol. The van der Waals surface area contributed by atoms with E-state index in [0.29, 0.717) is 16.9 Å². The number of nitrogens with zero attached hydrogens (tertiary/aromatic N) is 2. The van der Waals surface area contributed by atoms with Gasteiger partial charge in [0.2, 0.25) is 0 Å². The van der Waals surface area contributed by atoms with Crippen LogP contribution in [0.5, 0.6) is 0 Å². The number of aromatic nitrogens is 2. The third kappa shape index (κ3) is 3.76. The molecule has 0 atom stereocenters. The molecular formula is C22H23FN4O. The fraction of sp³-hybridized carbons (Fsp3) is 0.273. The zero-order valence-corrected chi connectivity index (χ0v) is 15.8. The van der Waals surface area contributed by atoms with Gasteiger partial charge < -0.3 is 10.2 Å². The van der Waals surface area contributed by atoms with Crippen molar-refractivity contribution in [2.45, 2.75) is 26.2 Å². The fourth-order valence-corrected chi connectivity index (χ4v) is 3.56. The predicted molar refractivity (Wildman–Crippen MR) is 109 cm³/mol. The molecule has 1 aliphatic rings. The Kier molecular flexibility index (Phi) is 5.10. The molecule has 0 spiro atoms. The highest BCUT2D eigenvalue weighted by Crippen LogP contribution is 2.31. The Balaban J connectivity index is 1.56. The third-order valence-electron chi connectivity index (χ3n) is 5.15. The highest BCUT2D eigenvalue weighted by molar-refractivity contribution is 6.06. The topological polar surface area (TPSA) is 61.0 Å². The van der Waals surface area contributed by atoms with Crippen LogP contribution in [0.2, 0.25) is 0 Å². The van der Waals surface area contributed by atoms with Gasteiger partial charge in [-0.05, 0) is 62.6 Å². The molecule has 0 aliphatic carbocycles. The van der Waals surface area contributed by atoms with E-state index in [1.54, 1.807) is 0 Å². The highest BCUT2D eigenvalue weighted by Gasteiger charge is 2.17. The van der Waals surface area contributed by atoms with E-state index in [0.717, 1.165) is 24.3 Å². The number of aryl methyl sites for hydroxylation is 1. The lowest BCUT2D eigenvalue weighted by Gasteiger charge is -2.28. The summed E-state index contributed by atoms with van der Waals surface area (Å²) in [4.78, 5) is 14.9. The fourth-order valence-electron chi connectivity index (χ4n) is 3.56. The monoisotopic (exact) mass is 378 g/mol. The van der Waals surface area contributed by atoms with Gasteiger partial charge in [0, 0.05) is 29.9 Å². The largest absolute Gasteiger partial charge is 0.372 e. The Morgan fingerprint density at radius 1 is 1.04 bits per heavy atom. The third-order valence-corrected chi connectivity index (χ3v) is 5.15. The van der Waals surface area contributed by atoms with E-state index in [-0.39, 0.29) is 11.7 Å². The van der Waals surface area contributed by atoms with Crippen LogP contribution in [0.25, 0.3) is 11.3 Å². The van der Waals surface area contributed by atoms with Gasteiger partial charge in [0.1, 0.15) is 11.5 Å². The number of rotatable bonds is 4. The number of halogens is 1. The van der Waals surface area contributed by atoms with Crippen LogP contribution in [0, 0.1) is 12.7 Å². The molecule has 3 aromatic rings. The van der Waals surface area contributed by atoms with Crippen molar-refractivity contribution in [3.63, 3.8) is 0 Å². The number of carbonyl (C=O) groups excluding carboxylic acids is 1. The molecule has 1 amide bonds. The van der Waals surface area contributed by atoms with Gasteiger partial charge >= 0.3 is 0 Å². The van der Waals surface area contributed by atoms with Crippen molar-refractivity contribution in [1.29, 1.82) is 0 Å². The smallest absolute Gasteiger partial charge is 0.255 e. The van der Waals surface area contributed by atoms with Gasteiger partial charge in [-0.1, -0.05) is 12.1 Å². The number of anilines is 2. The summed E-state index contributed by atoms with van der Waals surface area (Å²) >= 11 is 0. The van der Waals surface area contributed by atoms with Gasteiger partial charge in [0.15, 0.2) is 0 Å². The quantitative estimate of drug-likeness (QED) is 0.688. The maximum Gasteiger partial charge on any atom is 0.255 e. The molecule has 144 valence electrons. The maximum atomic E-state index is 13.1. The molecule has 5 nitrogen and oxygen atoms in total. The number of amides is 1. The Morgan fingerprint density at radius 2 is 1.71 bits per heavy atom. The second kappa shape index (κ2) is 7.84. The Bertz CT molecular complexity index is 957. The van der Waals surface area contributed by atoms with E-state index < -0.39 is 0 Å². The highest BCUT2D eigenvalue weighted by atomic mass is 19.1. The zero-order chi connectivity index (χ0) is 19.5. The molecule has 0 saturated carbocycles. The molecule has 6 heteroatoms. The molecule has 2 N–H and O–H groups in total. The summed E-state index contributed by atoms with van der Waals surface area (Å²) in [6, 6.07) is 13.8. The van der Waals surface area contributed by atoms with Crippen LogP contribution in [-0.2, 0) is 0 Å². The van der Waals surface area contributed by atoms with Crippen molar-refractivity contribution in [3.05, 3.63) is 65.6 Å². The molecule has 0 bridgehead atoms. The van der Waals surface area contributed by atoms with Crippen LogP contribution in [0.3, 0.4) is 0 Å². The standard InChI is InChI=1S/C22H23FN4O/c1-15-20(24-22(28)17-5-9-18(23)10-6-17)21(26-25-15)16-7-11-19(12-8-16)27-13-3-2-4-14-27/h5-12H,2-4,13-14H2,1H3,(H,24,28)(H,25,26). The SMILES string of the molecule is Cc1[nH]nc(-c2ccc(N3CCCCC3)cc2)c1NC(=O)c1ccc(F)cc1. The lowest BCUT2D eigenvalue weighted by atomic mass is 10.1. The van der Waals surface area contributed by atoms with Crippen LogP contribution in [-0.4, -0.2) is 29.2 Å². The second-order valence-corrected chi connectivity index (χ2v) is 7.13. The molecule has 4 rings (SSSR count). The summed E-state index contributed by atoms with van der Waals surface area (Å²) in [5.41, 5.74) is 4.64. The van der Waals surface area contributed by atoms with Gasteiger partial charge in [0.05, 0.1) is 11.4 Å². The molecule has 1 fully saturated rings. The van der Waals surface area contributed by atoms with Gasteiger partial charge in [0.25, 0.3) is 5.91 Å². The van der Waals surface area contributed by atoms with E-state index in [2.05, 4.69) is 32.5 Å². The van der Waals surface area contributed by atoms with Gasteiger partial charge in [-0.25, -0.2) is 4.39 Å². The number of hydrogen-bond acceptors (Lipinski definition) is 3. The average Bonchev–Trinajstić information content (AvgIpc) is 3.09. The molecule has 0 unspecified atom stereocenters. The molecule has 0 radical (unpaired) electrons. The lowest BCUT2D eigenvalue weighted by Crippen LogP contribution is -2.29. The summed E-state index contributed by atoms with van der Waals surface area (Å²) in [5, 5.41) is 10.2. The van der Waals surface area contributed by atoms with Crippen molar-refractivity contribution in [1.82, 2.24) is 10.2 Å². The van der Waals surface area contributed by atoms with Crippen LogP contribution in [0.4, 0.5) is 15.8 Å². The minimum Gasteiger partial charge on any atom is -0.372 e. The number of nitrogens with one attached hydrogen (secondary N) is 2. The van der Waals surface area contributed by atoms with Crippen LogP contribution < -0.4 is 10.2 Å². The number of benzene rings is 2. The Hall–Kier alpha value is -3.15. The van der Waals surface area contributed by atoms with E-state index in [9.17, 15) is 9.18 Å². The first-order valence-electron chi connectivity index (χ1n) is 9.59. The van der Waals surface area contributed by atoms with Crippen LogP contribution in [0.1, 0.15) is 35.3 Å². The van der Waals surface area contributed by atoms with Crippen LogP contribution >= 0.6 is 0 Å². The minimum absolute atomic E-state index is 0.296. The maximum absolute atomic E-state index is 13.1.